The summed E-state index contributed by atoms with van der Waals surface area (Å²) in [6, 6.07) is 7.84. The summed E-state index contributed by atoms with van der Waals surface area (Å²) < 4.78 is 11.2. The first-order valence-corrected chi connectivity index (χ1v) is 6.17. The Morgan fingerprint density at radius 2 is 1.71 bits per heavy atom. The fourth-order valence-corrected chi connectivity index (χ4v) is 1.31. The van der Waals surface area contributed by atoms with Gasteiger partial charge in [0.2, 0.25) is 0 Å². The van der Waals surface area contributed by atoms with Gasteiger partial charge in [0.15, 0.2) is 0 Å². The Bertz CT molecular complexity index is 309. The number of nitrogens with two attached hydrogens (primary N) is 1. The molecule has 1 aromatic rings. The fourth-order valence-electron chi connectivity index (χ4n) is 1.31. The maximum atomic E-state index is 5.63. The molecule has 0 amide bonds. The van der Waals surface area contributed by atoms with Crippen LogP contribution < -0.4 is 10.5 Å². The van der Waals surface area contributed by atoms with Gasteiger partial charge in [0.05, 0.1) is 12.7 Å². The van der Waals surface area contributed by atoms with E-state index in [4.69, 9.17) is 15.2 Å². The monoisotopic (exact) mass is 237 g/mol. The van der Waals surface area contributed by atoms with Crippen LogP contribution in [0.4, 0.5) is 0 Å². The fraction of sp³-hybridized carbons (Fsp3) is 0.571. The second kappa shape index (κ2) is 7.30. The molecule has 0 saturated carbocycles. The van der Waals surface area contributed by atoms with E-state index in [2.05, 4.69) is 20.8 Å². The largest absolute Gasteiger partial charge is 0.491 e. The molecule has 1 rings (SSSR count). The number of benzene rings is 1. The van der Waals surface area contributed by atoms with Crippen molar-refractivity contribution >= 4 is 0 Å². The van der Waals surface area contributed by atoms with Gasteiger partial charge in [0.25, 0.3) is 0 Å². The van der Waals surface area contributed by atoms with Crippen LogP contribution in [-0.4, -0.2) is 19.3 Å². The second-order valence-electron chi connectivity index (χ2n) is 4.52. The summed E-state index contributed by atoms with van der Waals surface area (Å²) in [5, 5.41) is 0. The van der Waals surface area contributed by atoms with Crippen LogP contribution in [0.25, 0.3) is 0 Å². The Balaban J connectivity index is 2.22. The van der Waals surface area contributed by atoms with Gasteiger partial charge < -0.3 is 15.2 Å². The molecule has 0 aliphatic carbocycles. The van der Waals surface area contributed by atoms with Crippen LogP contribution in [0.2, 0.25) is 0 Å². The van der Waals surface area contributed by atoms with E-state index >= 15 is 0 Å². The molecule has 2 N–H and O–H groups in total. The summed E-state index contributed by atoms with van der Waals surface area (Å²) in [4.78, 5) is 0. The van der Waals surface area contributed by atoms with Crippen molar-refractivity contribution in [3.8, 4) is 5.75 Å². The van der Waals surface area contributed by atoms with E-state index in [1.807, 2.05) is 24.3 Å². The number of ether oxygens (including phenoxy) is 2. The minimum atomic E-state index is 0.276. The molecule has 0 radical (unpaired) electrons. The zero-order chi connectivity index (χ0) is 12.7. The third kappa shape index (κ3) is 5.20. The highest BCUT2D eigenvalue weighted by Gasteiger charge is 2.06. The average molecular weight is 237 g/mol. The number of rotatable bonds is 7. The SMILES string of the molecule is CC(C)C(C)OCCOc1ccc(CN)cc1. The first-order valence-electron chi connectivity index (χ1n) is 6.17. The highest BCUT2D eigenvalue weighted by Crippen LogP contribution is 2.12. The van der Waals surface area contributed by atoms with Crippen molar-refractivity contribution in [2.45, 2.75) is 33.4 Å². The minimum Gasteiger partial charge on any atom is -0.491 e. The Hall–Kier alpha value is -1.06. The molecule has 0 fully saturated rings. The third-order valence-electron chi connectivity index (χ3n) is 2.83. The molecule has 0 aliphatic rings. The van der Waals surface area contributed by atoms with E-state index in [9.17, 15) is 0 Å². The van der Waals surface area contributed by atoms with Gasteiger partial charge in [-0.3, -0.25) is 0 Å². The summed E-state index contributed by atoms with van der Waals surface area (Å²) in [6.07, 6.45) is 0.276. The van der Waals surface area contributed by atoms with E-state index in [0.717, 1.165) is 11.3 Å². The lowest BCUT2D eigenvalue weighted by atomic mass is 10.1. The molecule has 17 heavy (non-hydrogen) atoms. The summed E-state index contributed by atoms with van der Waals surface area (Å²) >= 11 is 0. The second-order valence-corrected chi connectivity index (χ2v) is 4.52. The molecule has 0 spiro atoms. The van der Waals surface area contributed by atoms with Crippen molar-refractivity contribution < 1.29 is 9.47 Å². The first-order chi connectivity index (χ1) is 8.13. The molecular formula is C14H23NO2. The van der Waals surface area contributed by atoms with Crippen LogP contribution in [0.15, 0.2) is 24.3 Å². The first kappa shape index (κ1) is 14.0. The maximum absolute atomic E-state index is 5.63. The topological polar surface area (TPSA) is 44.5 Å². The van der Waals surface area contributed by atoms with E-state index in [1.165, 1.54) is 0 Å². The zero-order valence-corrected chi connectivity index (χ0v) is 11.0. The minimum absolute atomic E-state index is 0.276. The van der Waals surface area contributed by atoms with Crippen LogP contribution >= 0.6 is 0 Å². The molecule has 1 atom stereocenters. The van der Waals surface area contributed by atoms with Crippen LogP contribution in [-0.2, 0) is 11.3 Å². The van der Waals surface area contributed by atoms with Crippen LogP contribution in [0.3, 0.4) is 0 Å². The maximum Gasteiger partial charge on any atom is 0.119 e. The molecule has 96 valence electrons. The van der Waals surface area contributed by atoms with Crippen molar-refractivity contribution in [3.63, 3.8) is 0 Å². The molecule has 0 saturated heterocycles. The Morgan fingerprint density at radius 3 is 2.24 bits per heavy atom. The molecule has 0 bridgehead atoms. The Labute approximate surface area is 104 Å². The van der Waals surface area contributed by atoms with Gasteiger partial charge in [-0.15, -0.1) is 0 Å². The summed E-state index contributed by atoms with van der Waals surface area (Å²) in [5.74, 6) is 1.40. The normalized spacial score (nSPS) is 12.8. The predicted octanol–water partition coefficient (Wildman–Crippen LogP) is 2.59. The molecule has 0 heterocycles. The summed E-state index contributed by atoms with van der Waals surface area (Å²) in [7, 11) is 0. The van der Waals surface area contributed by atoms with Crippen LogP contribution in [0, 0.1) is 5.92 Å². The smallest absolute Gasteiger partial charge is 0.119 e. The van der Waals surface area contributed by atoms with Crippen molar-refractivity contribution in [2.24, 2.45) is 11.7 Å². The van der Waals surface area contributed by atoms with Gasteiger partial charge in [-0.05, 0) is 30.5 Å². The van der Waals surface area contributed by atoms with Gasteiger partial charge in [-0.1, -0.05) is 26.0 Å². The summed E-state index contributed by atoms with van der Waals surface area (Å²) in [6.45, 7) is 8.15. The lowest BCUT2D eigenvalue weighted by Gasteiger charge is -2.16. The third-order valence-corrected chi connectivity index (χ3v) is 2.83. The van der Waals surface area contributed by atoms with Gasteiger partial charge >= 0.3 is 0 Å². The van der Waals surface area contributed by atoms with Crippen molar-refractivity contribution in [3.05, 3.63) is 29.8 Å². The molecule has 3 heteroatoms. The van der Waals surface area contributed by atoms with Gasteiger partial charge in [-0.2, -0.15) is 0 Å². The van der Waals surface area contributed by atoms with E-state index in [1.54, 1.807) is 0 Å². The Morgan fingerprint density at radius 1 is 1.06 bits per heavy atom. The van der Waals surface area contributed by atoms with Crippen molar-refractivity contribution in [1.29, 1.82) is 0 Å². The highest BCUT2D eigenvalue weighted by molar-refractivity contribution is 5.26. The Kier molecular flexibility index (Phi) is 6.01. The van der Waals surface area contributed by atoms with E-state index in [0.29, 0.717) is 25.7 Å². The van der Waals surface area contributed by atoms with Gasteiger partial charge in [-0.25, -0.2) is 0 Å². The predicted molar refractivity (Wildman–Crippen MR) is 70.1 cm³/mol. The quantitative estimate of drug-likeness (QED) is 0.741. The molecule has 0 aliphatic heterocycles. The zero-order valence-electron chi connectivity index (χ0n) is 11.0. The average Bonchev–Trinajstić information content (AvgIpc) is 2.35. The highest BCUT2D eigenvalue weighted by atomic mass is 16.5. The molecule has 0 aromatic heterocycles. The molecule has 1 aromatic carbocycles. The molecular weight excluding hydrogens is 214 g/mol. The van der Waals surface area contributed by atoms with E-state index in [-0.39, 0.29) is 6.10 Å². The number of hydrogen-bond donors (Lipinski definition) is 1. The standard InChI is InChI=1S/C14H23NO2/c1-11(2)12(3)16-8-9-17-14-6-4-13(10-15)5-7-14/h4-7,11-12H,8-10,15H2,1-3H3. The van der Waals surface area contributed by atoms with Crippen molar-refractivity contribution in [2.75, 3.05) is 13.2 Å². The molecule has 3 nitrogen and oxygen atoms in total. The lowest BCUT2D eigenvalue weighted by Crippen LogP contribution is -2.19. The van der Waals surface area contributed by atoms with Crippen LogP contribution in [0.5, 0.6) is 5.75 Å². The van der Waals surface area contributed by atoms with Gasteiger partial charge in [0.1, 0.15) is 12.4 Å². The molecule has 1 unspecified atom stereocenters. The lowest BCUT2D eigenvalue weighted by molar-refractivity contribution is 0.0188. The van der Waals surface area contributed by atoms with E-state index < -0.39 is 0 Å². The summed E-state index contributed by atoms with van der Waals surface area (Å²) in [5.41, 5.74) is 6.64. The van der Waals surface area contributed by atoms with Crippen molar-refractivity contribution in [1.82, 2.24) is 0 Å². The van der Waals surface area contributed by atoms with Gasteiger partial charge in [0, 0.05) is 6.54 Å². The van der Waals surface area contributed by atoms with Crippen LogP contribution in [0.1, 0.15) is 26.3 Å². The number of hydrogen-bond acceptors (Lipinski definition) is 3.